The number of aliphatic carboxylic acids is 1. The molecule has 1 fully saturated rings. The molecule has 1 aliphatic rings. The van der Waals surface area contributed by atoms with Crippen LogP contribution in [-0.2, 0) is 22.1 Å². The van der Waals surface area contributed by atoms with Crippen molar-refractivity contribution in [2.24, 2.45) is 5.92 Å². The van der Waals surface area contributed by atoms with Gasteiger partial charge in [0.1, 0.15) is 12.4 Å². The lowest BCUT2D eigenvalue weighted by molar-refractivity contribution is -0.150. The van der Waals surface area contributed by atoms with E-state index in [9.17, 15) is 27.9 Å². The molecule has 0 aliphatic heterocycles. The third kappa shape index (κ3) is 8.15. The van der Waals surface area contributed by atoms with Crippen LogP contribution in [0.4, 0.5) is 23.7 Å². The SMILES string of the molecule is CCOC(Cc1ccc(OCCN(CC2CCC2)C(=O)Nc2ccc(C(F)(F)F)cc2)cc1)C(=O)O. The molecular formula is C26H31F3N2O5. The first-order chi connectivity index (χ1) is 17.2. The Morgan fingerprint density at radius 2 is 1.78 bits per heavy atom. The fourth-order valence-electron chi connectivity index (χ4n) is 3.84. The Morgan fingerprint density at radius 3 is 2.31 bits per heavy atom. The summed E-state index contributed by atoms with van der Waals surface area (Å²) in [5.74, 6) is -0.0396. The summed E-state index contributed by atoms with van der Waals surface area (Å²) in [5.41, 5.74) is 0.308. The number of anilines is 1. The monoisotopic (exact) mass is 508 g/mol. The highest BCUT2D eigenvalue weighted by molar-refractivity contribution is 5.89. The molecule has 0 heterocycles. The number of carboxylic acids is 1. The van der Waals surface area contributed by atoms with Gasteiger partial charge in [-0.15, -0.1) is 0 Å². The molecule has 196 valence electrons. The van der Waals surface area contributed by atoms with E-state index in [2.05, 4.69) is 5.32 Å². The van der Waals surface area contributed by atoms with Crippen molar-refractivity contribution in [2.45, 2.75) is 44.9 Å². The van der Waals surface area contributed by atoms with Crippen LogP contribution in [0.5, 0.6) is 5.75 Å². The molecule has 0 radical (unpaired) electrons. The second-order valence-corrected chi connectivity index (χ2v) is 8.73. The van der Waals surface area contributed by atoms with Crippen molar-refractivity contribution >= 4 is 17.7 Å². The number of rotatable bonds is 12. The predicted octanol–water partition coefficient (Wildman–Crippen LogP) is 5.45. The number of carboxylic acid groups (broad SMARTS) is 1. The number of nitrogens with one attached hydrogen (secondary N) is 1. The van der Waals surface area contributed by atoms with Crippen LogP contribution in [0.25, 0.3) is 0 Å². The summed E-state index contributed by atoms with van der Waals surface area (Å²) in [7, 11) is 0. The van der Waals surface area contributed by atoms with Crippen LogP contribution in [0, 0.1) is 5.92 Å². The molecule has 1 saturated carbocycles. The first-order valence-electron chi connectivity index (χ1n) is 11.9. The van der Waals surface area contributed by atoms with E-state index in [1.807, 2.05) is 0 Å². The van der Waals surface area contributed by atoms with Gasteiger partial charge in [-0.3, -0.25) is 0 Å². The molecule has 2 amide bonds. The molecule has 2 aromatic rings. The van der Waals surface area contributed by atoms with Gasteiger partial charge in [0.25, 0.3) is 0 Å². The standard InChI is InChI=1S/C26H31F3N2O5/c1-2-35-23(24(32)33)16-18-6-12-22(13-7-18)36-15-14-31(17-19-4-3-5-19)25(34)30-21-10-8-20(9-11-21)26(27,28)29/h6-13,19,23H,2-5,14-17H2,1H3,(H,30,34)(H,32,33). The molecule has 36 heavy (non-hydrogen) atoms. The van der Waals surface area contributed by atoms with Gasteiger partial charge >= 0.3 is 18.2 Å². The summed E-state index contributed by atoms with van der Waals surface area (Å²) in [6.45, 7) is 3.12. The first kappa shape index (κ1) is 27.3. The number of urea groups is 1. The number of hydrogen-bond donors (Lipinski definition) is 2. The van der Waals surface area contributed by atoms with Crippen LogP contribution in [0.1, 0.15) is 37.3 Å². The van der Waals surface area contributed by atoms with Gasteiger partial charge in [0.2, 0.25) is 0 Å². The topological polar surface area (TPSA) is 88.1 Å². The van der Waals surface area contributed by atoms with Crippen LogP contribution in [0.3, 0.4) is 0 Å². The Balaban J connectivity index is 1.54. The van der Waals surface area contributed by atoms with E-state index >= 15 is 0 Å². The zero-order valence-corrected chi connectivity index (χ0v) is 20.1. The van der Waals surface area contributed by atoms with Crippen molar-refractivity contribution < 1.29 is 37.3 Å². The van der Waals surface area contributed by atoms with Crippen molar-refractivity contribution in [2.75, 3.05) is 31.6 Å². The van der Waals surface area contributed by atoms with Crippen LogP contribution in [0.2, 0.25) is 0 Å². The lowest BCUT2D eigenvalue weighted by Gasteiger charge is -2.32. The number of halogens is 3. The van der Waals surface area contributed by atoms with E-state index in [1.165, 1.54) is 12.1 Å². The largest absolute Gasteiger partial charge is 0.492 e. The summed E-state index contributed by atoms with van der Waals surface area (Å²) in [6, 6.07) is 11.0. The van der Waals surface area contributed by atoms with Gasteiger partial charge in [-0.25, -0.2) is 9.59 Å². The molecule has 1 unspecified atom stereocenters. The third-order valence-electron chi connectivity index (χ3n) is 6.07. The Labute approximate surface area is 208 Å². The van der Waals surface area contributed by atoms with E-state index < -0.39 is 29.8 Å². The molecule has 10 heteroatoms. The Hall–Kier alpha value is -3.27. The summed E-state index contributed by atoms with van der Waals surface area (Å²) < 4.78 is 49.4. The van der Waals surface area contributed by atoms with Gasteiger partial charge in [0, 0.05) is 25.3 Å². The van der Waals surface area contributed by atoms with Crippen LogP contribution in [-0.4, -0.2) is 54.4 Å². The van der Waals surface area contributed by atoms with Crippen molar-refractivity contribution in [3.05, 3.63) is 59.7 Å². The zero-order valence-electron chi connectivity index (χ0n) is 20.1. The molecule has 0 spiro atoms. The normalized spacial score (nSPS) is 14.6. The number of ether oxygens (including phenoxy) is 2. The fourth-order valence-corrected chi connectivity index (χ4v) is 3.84. The molecule has 3 rings (SSSR count). The van der Waals surface area contributed by atoms with Crippen LogP contribution in [0.15, 0.2) is 48.5 Å². The second-order valence-electron chi connectivity index (χ2n) is 8.73. The third-order valence-corrected chi connectivity index (χ3v) is 6.07. The molecule has 0 saturated heterocycles. The quantitative estimate of drug-likeness (QED) is 0.398. The average Bonchev–Trinajstić information content (AvgIpc) is 2.80. The van der Waals surface area contributed by atoms with Crippen molar-refractivity contribution in [1.29, 1.82) is 0 Å². The maximum atomic E-state index is 12.8. The number of nitrogens with zero attached hydrogens (tertiary/aromatic N) is 1. The molecule has 2 aromatic carbocycles. The van der Waals surface area contributed by atoms with Gasteiger partial charge in [-0.05, 0) is 67.6 Å². The van der Waals surface area contributed by atoms with E-state index in [0.29, 0.717) is 31.4 Å². The highest BCUT2D eigenvalue weighted by Gasteiger charge is 2.30. The number of amides is 2. The molecule has 0 aromatic heterocycles. The minimum atomic E-state index is -4.43. The summed E-state index contributed by atoms with van der Waals surface area (Å²) in [6.07, 6.45) is -1.92. The molecule has 2 N–H and O–H groups in total. The van der Waals surface area contributed by atoms with Gasteiger partial charge in [0.15, 0.2) is 6.10 Å². The second kappa shape index (κ2) is 12.6. The minimum Gasteiger partial charge on any atom is -0.492 e. The molecular weight excluding hydrogens is 477 g/mol. The van der Waals surface area contributed by atoms with Crippen molar-refractivity contribution in [3.8, 4) is 5.75 Å². The molecule has 1 aliphatic carbocycles. The molecule has 7 nitrogen and oxygen atoms in total. The zero-order chi connectivity index (χ0) is 26.1. The lowest BCUT2D eigenvalue weighted by Crippen LogP contribution is -2.42. The van der Waals surface area contributed by atoms with E-state index in [4.69, 9.17) is 9.47 Å². The van der Waals surface area contributed by atoms with Gasteiger partial charge in [0.05, 0.1) is 12.1 Å². The Morgan fingerprint density at radius 1 is 1.11 bits per heavy atom. The van der Waals surface area contributed by atoms with Crippen molar-refractivity contribution in [1.82, 2.24) is 4.90 Å². The van der Waals surface area contributed by atoms with Crippen LogP contribution < -0.4 is 10.1 Å². The summed E-state index contributed by atoms with van der Waals surface area (Å²) in [4.78, 5) is 25.7. The fraction of sp³-hybridized carbons (Fsp3) is 0.462. The maximum Gasteiger partial charge on any atom is 0.416 e. The lowest BCUT2D eigenvalue weighted by atomic mass is 9.85. The van der Waals surface area contributed by atoms with Gasteiger partial charge in [-0.2, -0.15) is 13.2 Å². The number of hydrogen-bond acceptors (Lipinski definition) is 4. The first-order valence-corrected chi connectivity index (χ1v) is 11.9. The van der Waals surface area contributed by atoms with E-state index in [0.717, 1.165) is 37.0 Å². The maximum absolute atomic E-state index is 12.8. The summed E-state index contributed by atoms with van der Waals surface area (Å²) in [5, 5.41) is 11.9. The van der Waals surface area contributed by atoms with E-state index in [1.54, 1.807) is 36.1 Å². The van der Waals surface area contributed by atoms with E-state index in [-0.39, 0.29) is 18.7 Å². The Kier molecular flexibility index (Phi) is 9.58. The molecule has 1 atom stereocenters. The summed E-state index contributed by atoms with van der Waals surface area (Å²) >= 11 is 0. The molecule has 0 bridgehead atoms. The van der Waals surface area contributed by atoms with Crippen molar-refractivity contribution in [3.63, 3.8) is 0 Å². The average molecular weight is 509 g/mol. The predicted molar refractivity (Wildman–Crippen MR) is 128 cm³/mol. The highest BCUT2D eigenvalue weighted by atomic mass is 19.4. The number of carbonyl (C=O) groups excluding carboxylic acids is 1. The smallest absolute Gasteiger partial charge is 0.416 e. The highest BCUT2D eigenvalue weighted by Crippen LogP contribution is 2.30. The van der Waals surface area contributed by atoms with Gasteiger partial charge < -0.3 is 24.8 Å². The number of alkyl halides is 3. The number of benzene rings is 2. The minimum absolute atomic E-state index is 0.225. The van der Waals surface area contributed by atoms with Crippen LogP contribution >= 0.6 is 0 Å². The number of carbonyl (C=O) groups is 2. The van der Waals surface area contributed by atoms with Gasteiger partial charge in [-0.1, -0.05) is 18.6 Å². The Bertz CT molecular complexity index is 992.